The standard InChI is InChI=1S/C28H50O3S/c1-19(2)8-7-9-20(3)24-12-13-25-23-11-10-21-18-22(31-32(6,29)30)14-16-27(21,4)26(23)15-17-28(24,25)5/h19-26H,7-18H2,1-6H3/t20-,21?,22+,23+,24-,25+,26+,27+,28-/m1/s1. The van der Waals surface area contributed by atoms with Crippen molar-refractivity contribution < 1.29 is 12.6 Å². The predicted molar refractivity (Wildman–Crippen MR) is 133 cm³/mol. The van der Waals surface area contributed by atoms with E-state index in [0.717, 1.165) is 54.8 Å². The van der Waals surface area contributed by atoms with Crippen LogP contribution < -0.4 is 0 Å². The number of hydrogen-bond acceptors (Lipinski definition) is 3. The van der Waals surface area contributed by atoms with E-state index in [2.05, 4.69) is 34.6 Å². The van der Waals surface area contributed by atoms with Gasteiger partial charge in [0.25, 0.3) is 10.1 Å². The van der Waals surface area contributed by atoms with E-state index in [1.54, 1.807) is 0 Å². The first kappa shape index (κ1) is 25.0. The highest BCUT2D eigenvalue weighted by atomic mass is 32.2. The molecule has 186 valence electrons. The lowest BCUT2D eigenvalue weighted by molar-refractivity contribution is -0.126. The minimum atomic E-state index is -3.35. The van der Waals surface area contributed by atoms with Gasteiger partial charge in [0.1, 0.15) is 0 Å². The van der Waals surface area contributed by atoms with Crippen LogP contribution in [0.1, 0.15) is 112 Å². The van der Waals surface area contributed by atoms with Gasteiger partial charge in [-0.05, 0) is 110 Å². The topological polar surface area (TPSA) is 43.4 Å². The van der Waals surface area contributed by atoms with Crippen LogP contribution in [0.2, 0.25) is 0 Å². The van der Waals surface area contributed by atoms with Crippen molar-refractivity contribution in [1.29, 1.82) is 0 Å². The van der Waals surface area contributed by atoms with Crippen molar-refractivity contribution in [2.75, 3.05) is 6.26 Å². The molecular formula is C28H50O3S. The molecule has 0 saturated heterocycles. The van der Waals surface area contributed by atoms with Gasteiger partial charge in [-0.1, -0.05) is 53.9 Å². The Morgan fingerprint density at radius 3 is 2.25 bits per heavy atom. The summed E-state index contributed by atoms with van der Waals surface area (Å²) in [4.78, 5) is 0. The minimum Gasteiger partial charge on any atom is -0.267 e. The Morgan fingerprint density at radius 2 is 1.56 bits per heavy atom. The molecule has 4 aliphatic carbocycles. The van der Waals surface area contributed by atoms with Crippen molar-refractivity contribution in [3.63, 3.8) is 0 Å². The molecule has 0 radical (unpaired) electrons. The monoisotopic (exact) mass is 466 g/mol. The lowest BCUT2D eigenvalue weighted by Crippen LogP contribution is -2.54. The molecule has 4 rings (SSSR count). The van der Waals surface area contributed by atoms with Crippen LogP contribution in [0.3, 0.4) is 0 Å². The molecule has 0 heterocycles. The highest BCUT2D eigenvalue weighted by molar-refractivity contribution is 7.86. The van der Waals surface area contributed by atoms with Gasteiger partial charge >= 0.3 is 0 Å². The normalized spacial score (nSPS) is 45.2. The first-order valence-corrected chi connectivity index (χ1v) is 15.6. The van der Waals surface area contributed by atoms with E-state index in [1.165, 1.54) is 64.0 Å². The molecule has 0 amide bonds. The Morgan fingerprint density at radius 1 is 0.875 bits per heavy atom. The van der Waals surface area contributed by atoms with Crippen molar-refractivity contribution in [2.24, 2.45) is 52.3 Å². The molecule has 0 aromatic carbocycles. The fraction of sp³-hybridized carbons (Fsp3) is 1.00. The first-order chi connectivity index (χ1) is 14.9. The van der Waals surface area contributed by atoms with E-state index < -0.39 is 10.1 Å². The molecule has 0 bridgehead atoms. The van der Waals surface area contributed by atoms with Gasteiger partial charge < -0.3 is 0 Å². The second-order valence-electron chi connectivity index (χ2n) is 13.4. The predicted octanol–water partition coefficient (Wildman–Crippen LogP) is 7.45. The highest BCUT2D eigenvalue weighted by Gasteiger charge is 2.60. The van der Waals surface area contributed by atoms with Crippen LogP contribution in [0, 0.1) is 52.3 Å². The molecule has 4 saturated carbocycles. The Hall–Kier alpha value is -0.0900. The van der Waals surface area contributed by atoms with Crippen LogP contribution in [0.5, 0.6) is 0 Å². The largest absolute Gasteiger partial charge is 0.267 e. The molecule has 3 nitrogen and oxygen atoms in total. The average Bonchev–Trinajstić information content (AvgIpc) is 3.04. The fourth-order valence-corrected chi connectivity index (χ4v) is 10.2. The maximum Gasteiger partial charge on any atom is 0.264 e. The third kappa shape index (κ3) is 4.70. The van der Waals surface area contributed by atoms with Crippen molar-refractivity contribution in [2.45, 2.75) is 118 Å². The van der Waals surface area contributed by atoms with Gasteiger partial charge in [0.2, 0.25) is 0 Å². The molecule has 0 spiro atoms. The summed E-state index contributed by atoms with van der Waals surface area (Å²) in [6.45, 7) is 12.5. The molecule has 4 aliphatic rings. The van der Waals surface area contributed by atoms with Crippen molar-refractivity contribution in [3.05, 3.63) is 0 Å². The second-order valence-corrected chi connectivity index (χ2v) is 15.0. The minimum absolute atomic E-state index is 0.0870. The molecule has 0 aromatic rings. The lowest BCUT2D eigenvalue weighted by atomic mass is 9.44. The van der Waals surface area contributed by atoms with E-state index in [9.17, 15) is 8.42 Å². The summed E-state index contributed by atoms with van der Waals surface area (Å²) in [6, 6.07) is 0. The smallest absolute Gasteiger partial charge is 0.264 e. The van der Waals surface area contributed by atoms with Crippen LogP contribution >= 0.6 is 0 Å². The van der Waals surface area contributed by atoms with Crippen LogP contribution in [0.4, 0.5) is 0 Å². The number of fused-ring (bicyclic) bond motifs is 5. The molecule has 4 heteroatoms. The van der Waals surface area contributed by atoms with Crippen molar-refractivity contribution >= 4 is 10.1 Å². The van der Waals surface area contributed by atoms with Crippen LogP contribution in [0.25, 0.3) is 0 Å². The van der Waals surface area contributed by atoms with Crippen molar-refractivity contribution in [3.8, 4) is 0 Å². The van der Waals surface area contributed by atoms with E-state index in [0.29, 0.717) is 16.7 Å². The molecule has 0 N–H and O–H groups in total. The first-order valence-electron chi connectivity index (χ1n) is 13.8. The van der Waals surface area contributed by atoms with Crippen LogP contribution in [-0.2, 0) is 14.3 Å². The average molecular weight is 467 g/mol. The van der Waals surface area contributed by atoms with Crippen molar-refractivity contribution in [1.82, 2.24) is 0 Å². The van der Waals surface area contributed by atoms with Gasteiger partial charge in [0.15, 0.2) is 0 Å². The summed E-state index contributed by atoms with van der Waals surface area (Å²) < 4.78 is 28.8. The van der Waals surface area contributed by atoms with Gasteiger partial charge in [-0.2, -0.15) is 8.42 Å². The third-order valence-corrected chi connectivity index (χ3v) is 11.8. The Kier molecular flexibility index (Phi) is 7.17. The Labute approximate surface area is 199 Å². The van der Waals surface area contributed by atoms with Gasteiger partial charge in [0.05, 0.1) is 12.4 Å². The summed E-state index contributed by atoms with van der Waals surface area (Å²) in [7, 11) is -3.35. The third-order valence-electron chi connectivity index (χ3n) is 11.1. The summed E-state index contributed by atoms with van der Waals surface area (Å²) in [6.07, 6.45) is 16.7. The molecule has 0 aromatic heterocycles. The zero-order valence-electron chi connectivity index (χ0n) is 21.7. The van der Waals surface area contributed by atoms with Gasteiger partial charge in [0, 0.05) is 0 Å². The second kappa shape index (κ2) is 9.17. The summed E-state index contributed by atoms with van der Waals surface area (Å²) in [5.74, 6) is 5.92. The van der Waals surface area contributed by atoms with Crippen LogP contribution in [-0.4, -0.2) is 20.8 Å². The van der Waals surface area contributed by atoms with E-state index in [4.69, 9.17) is 4.18 Å². The number of hydrogen-bond donors (Lipinski definition) is 0. The maximum absolute atomic E-state index is 11.7. The quantitative estimate of drug-likeness (QED) is 0.366. The molecule has 32 heavy (non-hydrogen) atoms. The summed E-state index contributed by atoms with van der Waals surface area (Å²) in [5.41, 5.74) is 0.945. The SMILES string of the molecule is CC(C)CCC[C@@H](C)[C@H]1CC[C@H]2[C@@H]3CCC4C[C@@H](OS(C)(=O)=O)CC[C@]4(C)[C@H]3CC[C@]12C. The van der Waals surface area contributed by atoms with Gasteiger partial charge in [-0.3, -0.25) is 4.18 Å². The molecule has 1 unspecified atom stereocenters. The van der Waals surface area contributed by atoms with Gasteiger partial charge in [-0.15, -0.1) is 0 Å². The summed E-state index contributed by atoms with van der Waals surface area (Å²) >= 11 is 0. The van der Waals surface area contributed by atoms with E-state index >= 15 is 0 Å². The Bertz CT molecular complexity index is 761. The highest BCUT2D eigenvalue weighted by Crippen LogP contribution is 2.68. The van der Waals surface area contributed by atoms with Crippen LogP contribution in [0.15, 0.2) is 0 Å². The lowest BCUT2D eigenvalue weighted by Gasteiger charge is -2.61. The van der Waals surface area contributed by atoms with E-state index in [-0.39, 0.29) is 6.10 Å². The zero-order chi connectivity index (χ0) is 23.3. The molecule has 0 aliphatic heterocycles. The van der Waals surface area contributed by atoms with Gasteiger partial charge in [-0.25, -0.2) is 0 Å². The number of rotatable bonds is 7. The Balaban J connectivity index is 1.43. The maximum atomic E-state index is 11.7. The summed E-state index contributed by atoms with van der Waals surface area (Å²) in [5, 5.41) is 0. The fourth-order valence-electron chi connectivity index (χ4n) is 9.58. The van der Waals surface area contributed by atoms with E-state index in [1.807, 2.05) is 0 Å². The molecule has 9 atom stereocenters. The zero-order valence-corrected chi connectivity index (χ0v) is 22.6. The molecule has 4 fully saturated rings. The molecular weight excluding hydrogens is 416 g/mol.